The van der Waals surface area contributed by atoms with Gasteiger partial charge in [0.1, 0.15) is 11.9 Å². The molecule has 0 saturated heterocycles. The van der Waals surface area contributed by atoms with Crippen molar-refractivity contribution in [2.24, 2.45) is 0 Å². The Bertz CT molecular complexity index is 917. The molecule has 0 saturated carbocycles. The van der Waals surface area contributed by atoms with Crippen LogP contribution in [0.25, 0.3) is 0 Å². The number of hydrogen-bond acceptors (Lipinski definition) is 5. The highest BCUT2D eigenvalue weighted by atomic mass is 16.4. The van der Waals surface area contributed by atoms with Gasteiger partial charge in [-0.2, -0.15) is 0 Å². The summed E-state index contributed by atoms with van der Waals surface area (Å²) in [4.78, 5) is 40.3. The molecular weight excluding hydrogens is 396 g/mol. The molecule has 0 radical (unpaired) electrons. The molecule has 1 aromatic carbocycles. The number of hydrogen-bond donors (Lipinski definition) is 4. The van der Waals surface area contributed by atoms with Gasteiger partial charge in [-0.3, -0.25) is 9.59 Å². The third-order valence-electron chi connectivity index (χ3n) is 5.18. The lowest BCUT2D eigenvalue weighted by Crippen LogP contribution is -2.48. The summed E-state index contributed by atoms with van der Waals surface area (Å²) < 4.78 is 0. The minimum absolute atomic E-state index is 0.162. The molecule has 0 unspecified atom stereocenters. The zero-order chi connectivity index (χ0) is 22.1. The number of aryl methyl sites for hydroxylation is 2. The highest BCUT2D eigenvalue weighted by Crippen LogP contribution is 2.20. The predicted octanol–water partition coefficient (Wildman–Crippen LogP) is 2.15. The minimum Gasteiger partial charge on any atom is -0.480 e. The van der Waals surface area contributed by atoms with Crippen molar-refractivity contribution in [1.82, 2.24) is 15.6 Å². The van der Waals surface area contributed by atoms with E-state index in [9.17, 15) is 19.5 Å². The van der Waals surface area contributed by atoms with Gasteiger partial charge in [-0.1, -0.05) is 24.3 Å². The van der Waals surface area contributed by atoms with Crippen molar-refractivity contribution in [3.63, 3.8) is 0 Å². The van der Waals surface area contributed by atoms with Crippen molar-refractivity contribution in [1.29, 1.82) is 0 Å². The third kappa shape index (κ3) is 6.80. The van der Waals surface area contributed by atoms with Crippen LogP contribution in [0.1, 0.15) is 47.3 Å². The lowest BCUT2D eigenvalue weighted by molar-refractivity contribution is -0.139. The Labute approximate surface area is 181 Å². The number of nitrogens with one attached hydrogen (secondary N) is 3. The number of nitrogens with zero attached hydrogens (tertiary/aromatic N) is 1. The summed E-state index contributed by atoms with van der Waals surface area (Å²) in [6.45, 7) is 0.789. The van der Waals surface area contributed by atoms with E-state index < -0.39 is 17.9 Å². The predicted molar refractivity (Wildman–Crippen MR) is 117 cm³/mol. The number of unbranched alkanes of at least 4 members (excludes halogenated alkanes) is 1. The summed E-state index contributed by atoms with van der Waals surface area (Å²) in [5, 5.41) is 17.7. The fraction of sp³-hybridized carbons (Fsp3) is 0.391. The van der Waals surface area contributed by atoms with Crippen molar-refractivity contribution in [3.8, 4) is 0 Å². The first-order valence-electron chi connectivity index (χ1n) is 10.6. The summed E-state index contributed by atoms with van der Waals surface area (Å²) >= 11 is 0. The molecule has 0 bridgehead atoms. The average molecular weight is 425 g/mol. The van der Waals surface area contributed by atoms with Crippen molar-refractivity contribution >= 4 is 23.6 Å². The number of amides is 2. The Morgan fingerprint density at radius 3 is 2.68 bits per heavy atom. The molecule has 0 spiro atoms. The van der Waals surface area contributed by atoms with Crippen LogP contribution in [0.5, 0.6) is 0 Å². The Hall–Kier alpha value is -3.42. The number of pyridine rings is 1. The lowest BCUT2D eigenvalue weighted by atomic mass is 10.1. The van der Waals surface area contributed by atoms with E-state index in [-0.39, 0.29) is 12.5 Å². The minimum atomic E-state index is -1.20. The smallest absolute Gasteiger partial charge is 0.328 e. The second kappa shape index (κ2) is 11.1. The van der Waals surface area contributed by atoms with E-state index in [0.29, 0.717) is 18.4 Å². The van der Waals surface area contributed by atoms with Crippen molar-refractivity contribution in [2.75, 3.05) is 18.4 Å². The molecule has 3 rings (SSSR count). The van der Waals surface area contributed by atoms with Crippen LogP contribution in [0.2, 0.25) is 0 Å². The third-order valence-corrected chi connectivity index (χ3v) is 5.18. The molecule has 1 atom stereocenters. The maximum atomic E-state index is 12.1. The SMILES string of the molecule is O=C(CCCCc1ccc2c(n1)NCCC2)NC[C@H](NC(=O)c1ccccc1)C(=O)O. The largest absolute Gasteiger partial charge is 0.480 e. The molecule has 31 heavy (non-hydrogen) atoms. The molecule has 1 aliphatic rings. The number of carbonyl (C=O) groups is 3. The normalized spacial score (nSPS) is 13.4. The summed E-state index contributed by atoms with van der Waals surface area (Å²) in [5.74, 6) is -0.954. The topological polar surface area (TPSA) is 120 Å². The molecule has 2 heterocycles. The fourth-order valence-corrected chi connectivity index (χ4v) is 3.44. The maximum Gasteiger partial charge on any atom is 0.328 e. The number of anilines is 1. The highest BCUT2D eigenvalue weighted by Gasteiger charge is 2.21. The quantitative estimate of drug-likeness (QED) is 0.434. The van der Waals surface area contributed by atoms with Crippen LogP contribution >= 0.6 is 0 Å². The number of carboxylic acid groups (broad SMARTS) is 1. The van der Waals surface area contributed by atoms with E-state index in [4.69, 9.17) is 0 Å². The highest BCUT2D eigenvalue weighted by molar-refractivity contribution is 5.96. The van der Waals surface area contributed by atoms with Crippen LogP contribution in [-0.2, 0) is 22.4 Å². The fourth-order valence-electron chi connectivity index (χ4n) is 3.44. The number of aromatic nitrogens is 1. The first-order valence-corrected chi connectivity index (χ1v) is 10.6. The van der Waals surface area contributed by atoms with Gasteiger partial charge in [0.25, 0.3) is 5.91 Å². The number of fused-ring (bicyclic) bond motifs is 1. The maximum absolute atomic E-state index is 12.1. The van der Waals surface area contributed by atoms with E-state index in [2.05, 4.69) is 27.0 Å². The number of carboxylic acids is 1. The van der Waals surface area contributed by atoms with Gasteiger partial charge in [0.15, 0.2) is 0 Å². The van der Waals surface area contributed by atoms with Gasteiger partial charge in [-0.05, 0) is 55.9 Å². The molecule has 2 aromatic rings. The van der Waals surface area contributed by atoms with Gasteiger partial charge < -0.3 is 21.1 Å². The molecule has 1 aromatic heterocycles. The van der Waals surface area contributed by atoms with Gasteiger partial charge in [-0.15, -0.1) is 0 Å². The van der Waals surface area contributed by atoms with Gasteiger partial charge in [0.05, 0.1) is 0 Å². The van der Waals surface area contributed by atoms with E-state index in [0.717, 1.165) is 43.7 Å². The molecule has 0 aliphatic carbocycles. The van der Waals surface area contributed by atoms with Gasteiger partial charge in [0, 0.05) is 30.8 Å². The molecule has 4 N–H and O–H groups in total. The van der Waals surface area contributed by atoms with Crippen LogP contribution in [0.3, 0.4) is 0 Å². The van der Waals surface area contributed by atoms with Crippen LogP contribution < -0.4 is 16.0 Å². The average Bonchev–Trinajstić information content (AvgIpc) is 2.79. The van der Waals surface area contributed by atoms with Crippen LogP contribution in [0, 0.1) is 0 Å². The van der Waals surface area contributed by atoms with Crippen LogP contribution in [0.4, 0.5) is 5.82 Å². The first-order chi connectivity index (χ1) is 15.0. The lowest BCUT2D eigenvalue weighted by Gasteiger charge is -2.17. The summed E-state index contributed by atoms with van der Waals surface area (Å²) in [7, 11) is 0. The van der Waals surface area contributed by atoms with Gasteiger partial charge in [-0.25, -0.2) is 9.78 Å². The Balaban J connectivity index is 1.37. The Kier molecular flexibility index (Phi) is 7.98. The Morgan fingerprint density at radius 2 is 1.90 bits per heavy atom. The van der Waals surface area contributed by atoms with Gasteiger partial charge in [0.2, 0.25) is 5.91 Å². The van der Waals surface area contributed by atoms with E-state index in [1.54, 1.807) is 30.3 Å². The molecule has 1 aliphatic heterocycles. The zero-order valence-electron chi connectivity index (χ0n) is 17.4. The van der Waals surface area contributed by atoms with E-state index in [1.165, 1.54) is 5.56 Å². The standard InChI is InChI=1S/C23H28N4O4/c28-20(11-5-4-10-18-13-12-16-9-6-14-24-21(16)26-18)25-15-19(23(30)31)27-22(29)17-7-2-1-3-8-17/h1-3,7-8,12-13,19H,4-6,9-11,14-15H2,(H,24,26)(H,25,28)(H,27,29)(H,30,31)/t19-/m0/s1. The van der Waals surface area contributed by atoms with E-state index in [1.807, 2.05) is 6.07 Å². The summed E-state index contributed by atoms with van der Waals surface area (Å²) in [5.41, 5.74) is 2.62. The number of rotatable bonds is 10. The Morgan fingerprint density at radius 1 is 1.10 bits per heavy atom. The summed E-state index contributed by atoms with van der Waals surface area (Å²) in [6.07, 6.45) is 4.74. The van der Waals surface area contributed by atoms with E-state index >= 15 is 0 Å². The number of aliphatic carboxylic acids is 1. The zero-order valence-corrected chi connectivity index (χ0v) is 17.4. The number of carbonyl (C=O) groups excluding carboxylic acids is 2. The van der Waals surface area contributed by atoms with Gasteiger partial charge >= 0.3 is 5.97 Å². The molecule has 164 valence electrons. The second-order valence-electron chi connectivity index (χ2n) is 7.58. The van der Waals surface area contributed by atoms with Crippen molar-refractivity contribution in [2.45, 2.75) is 44.6 Å². The van der Waals surface area contributed by atoms with Crippen molar-refractivity contribution < 1.29 is 19.5 Å². The molecule has 8 nitrogen and oxygen atoms in total. The summed E-state index contributed by atoms with van der Waals surface area (Å²) in [6, 6.07) is 11.3. The first kappa shape index (κ1) is 22.3. The number of benzene rings is 1. The monoisotopic (exact) mass is 424 g/mol. The van der Waals surface area contributed by atoms with Crippen LogP contribution in [-0.4, -0.2) is 47.0 Å². The molecule has 0 fully saturated rings. The molecule has 8 heteroatoms. The molecular formula is C23H28N4O4. The van der Waals surface area contributed by atoms with Crippen LogP contribution in [0.15, 0.2) is 42.5 Å². The second-order valence-corrected chi connectivity index (χ2v) is 7.58. The van der Waals surface area contributed by atoms with Crippen molar-refractivity contribution in [3.05, 3.63) is 59.3 Å². The molecule has 2 amide bonds.